The largest absolute Gasteiger partial charge is 0.494 e. The van der Waals surface area contributed by atoms with Gasteiger partial charge in [0, 0.05) is 73.9 Å². The van der Waals surface area contributed by atoms with E-state index < -0.39 is 11.6 Å². The first-order valence-corrected chi connectivity index (χ1v) is 28.0. The van der Waals surface area contributed by atoms with Crippen LogP contribution in [0, 0.1) is 11.6 Å². The third kappa shape index (κ3) is 18.9. The Bertz CT molecular complexity index is 2680. The molecule has 2 aliphatic heterocycles. The number of likely N-dealkylation sites (tertiary alicyclic amines) is 2. The van der Waals surface area contributed by atoms with Gasteiger partial charge in [0.05, 0.1) is 14.2 Å². The number of halogens is 3. The smallest absolute Gasteiger partial charge is 0.233 e. The number of piperidine rings is 2. The Morgan fingerprint density at radius 3 is 1.26 bits per heavy atom. The Kier molecular flexibility index (Phi) is 22.0. The number of anilines is 7. The maximum atomic E-state index is 14.3. The lowest BCUT2D eigenvalue weighted by molar-refractivity contribution is 0.205. The van der Waals surface area contributed by atoms with Gasteiger partial charge in [-0.1, -0.05) is 112 Å². The molecule has 77 heavy (non-hydrogen) atoms. The number of ether oxygens (including phenoxy) is 2. The topological polar surface area (TPSA) is 188 Å². The summed E-state index contributed by atoms with van der Waals surface area (Å²) in [5.74, 6) is 1.63. The van der Waals surface area contributed by atoms with Crippen LogP contribution in [0.1, 0.15) is 114 Å². The fourth-order valence-corrected chi connectivity index (χ4v) is 10.4. The van der Waals surface area contributed by atoms with Crippen LogP contribution in [0.3, 0.4) is 0 Å². The third-order valence-electron chi connectivity index (χ3n) is 14.5. The molecule has 412 valence electrons. The molecule has 16 nitrogen and oxygen atoms in total. The molecule has 19 heteroatoms. The van der Waals surface area contributed by atoms with Crippen molar-refractivity contribution >= 4 is 52.7 Å². The van der Waals surface area contributed by atoms with Crippen molar-refractivity contribution in [3.63, 3.8) is 0 Å². The van der Waals surface area contributed by atoms with Gasteiger partial charge in [-0.15, -0.1) is 0 Å². The average molecular weight is 1080 g/mol. The highest BCUT2D eigenvalue weighted by atomic mass is 35.5. The molecule has 0 unspecified atom stereocenters. The highest BCUT2D eigenvalue weighted by Crippen LogP contribution is 2.28. The Balaban J connectivity index is 0.000000171. The van der Waals surface area contributed by atoms with E-state index in [1.165, 1.54) is 94.9 Å². The summed E-state index contributed by atoms with van der Waals surface area (Å²) in [6.07, 6.45) is 18.6. The summed E-state index contributed by atoms with van der Waals surface area (Å²) in [6.45, 7) is 6.38. The van der Waals surface area contributed by atoms with Crippen LogP contribution in [0.25, 0.3) is 0 Å². The predicted molar refractivity (Wildman–Crippen MR) is 305 cm³/mol. The van der Waals surface area contributed by atoms with E-state index in [0.29, 0.717) is 53.3 Å². The number of nitrogens with zero attached hydrogens (tertiary/aromatic N) is 8. The Labute approximate surface area is 458 Å². The minimum Gasteiger partial charge on any atom is -0.494 e. The summed E-state index contributed by atoms with van der Waals surface area (Å²) in [5.41, 5.74) is 9.66. The van der Waals surface area contributed by atoms with Gasteiger partial charge in [-0.05, 0) is 111 Å². The Morgan fingerprint density at radius 1 is 0.481 bits per heavy atom. The zero-order valence-electron chi connectivity index (χ0n) is 44.7. The second-order valence-electron chi connectivity index (χ2n) is 20.5. The zero-order valence-corrected chi connectivity index (χ0v) is 45.5. The van der Waals surface area contributed by atoms with Crippen LogP contribution in [-0.2, 0) is 13.1 Å². The molecule has 4 aliphatic rings. The van der Waals surface area contributed by atoms with Gasteiger partial charge in [-0.2, -0.15) is 29.9 Å². The molecule has 4 aromatic carbocycles. The van der Waals surface area contributed by atoms with Crippen molar-refractivity contribution in [2.24, 2.45) is 5.73 Å². The van der Waals surface area contributed by atoms with E-state index >= 15 is 0 Å². The standard InChI is InChI=1S/C29H38FN7O.C17H21ClFN5O.C12H18N2/c1-38-26-14-13-24(19-25(26)30)33-29-35-27(31-22-11-7-2-3-8-12-22)34-28(36-29)32-23-15-17-37(18-16-23)20-21-9-5-4-6-10-21;1-25-14-9-8-12(10-13(14)19)21-17-23-15(18)22-16(24-17)20-11-6-4-2-3-5-7-11;13-12-6-8-14(9-7-12)10-11-4-2-1-3-5-11/h4-6,9-10,13-14,19,22-23H,2-3,7-8,11-12,15-18,20H2,1H3,(H3,31,32,33,34,35,36);8-11H,2-7H2,1H3,(H2,20,21,22,23,24);1-5,12H,6-10,13H2. The fourth-order valence-electron chi connectivity index (χ4n) is 10.2. The average Bonchev–Trinajstić information content (AvgIpc) is 3.86. The summed E-state index contributed by atoms with van der Waals surface area (Å²) in [6, 6.07) is 31.9. The molecule has 7 N–H and O–H groups in total. The number of hydrogen-bond acceptors (Lipinski definition) is 16. The van der Waals surface area contributed by atoms with Crippen LogP contribution < -0.4 is 41.8 Å². The summed E-state index contributed by atoms with van der Waals surface area (Å²) < 4.78 is 38.0. The molecular formula is C58H77ClF2N14O2. The SMILES string of the molecule is COc1ccc(Nc2nc(Cl)nc(NC3CCCCCC3)n2)cc1F.COc1ccc(Nc2nc(NC3CCCCCC3)nc(NC3CCN(Cc4ccccc4)CC3)n2)cc1F.NC1CCN(Cc2ccccc2)CC1. The molecule has 0 radical (unpaired) electrons. The Morgan fingerprint density at radius 2 is 0.844 bits per heavy atom. The number of benzene rings is 4. The number of aromatic nitrogens is 6. The fraction of sp³-hybridized carbons (Fsp3) is 0.483. The van der Waals surface area contributed by atoms with Crippen LogP contribution >= 0.6 is 11.6 Å². The van der Waals surface area contributed by atoms with Crippen molar-refractivity contribution in [1.82, 2.24) is 39.7 Å². The molecule has 2 aromatic heterocycles. The third-order valence-corrected chi connectivity index (χ3v) is 14.7. The van der Waals surface area contributed by atoms with Gasteiger partial charge in [-0.3, -0.25) is 9.80 Å². The van der Waals surface area contributed by atoms with Gasteiger partial charge >= 0.3 is 0 Å². The summed E-state index contributed by atoms with van der Waals surface area (Å²) in [5, 5.41) is 16.6. The van der Waals surface area contributed by atoms with E-state index in [4.69, 9.17) is 31.8 Å². The number of methoxy groups -OCH3 is 2. The monoisotopic (exact) mass is 1070 g/mol. The van der Waals surface area contributed by atoms with Crippen molar-refractivity contribution in [3.8, 4) is 11.5 Å². The molecule has 0 amide bonds. The molecule has 10 rings (SSSR count). The van der Waals surface area contributed by atoms with Gasteiger partial charge < -0.3 is 41.8 Å². The summed E-state index contributed by atoms with van der Waals surface area (Å²) in [7, 11) is 2.87. The number of nitrogens with one attached hydrogen (secondary N) is 5. The first-order chi connectivity index (χ1) is 37.6. The van der Waals surface area contributed by atoms with Crippen molar-refractivity contribution in [3.05, 3.63) is 125 Å². The zero-order chi connectivity index (χ0) is 53.6. The number of nitrogens with two attached hydrogens (primary N) is 1. The summed E-state index contributed by atoms with van der Waals surface area (Å²) in [4.78, 5) is 31.5. The van der Waals surface area contributed by atoms with Gasteiger partial charge in [-0.25, -0.2) is 8.78 Å². The van der Waals surface area contributed by atoms with E-state index in [9.17, 15) is 8.78 Å². The molecule has 4 heterocycles. The Hall–Kier alpha value is -6.47. The van der Waals surface area contributed by atoms with Crippen molar-refractivity contribution in [2.75, 3.05) is 67.0 Å². The molecule has 6 aromatic rings. The van der Waals surface area contributed by atoms with E-state index in [-0.39, 0.29) is 28.8 Å². The normalized spacial score (nSPS) is 17.3. The minimum atomic E-state index is -0.468. The van der Waals surface area contributed by atoms with Gasteiger partial charge in [0.2, 0.25) is 35.0 Å². The van der Waals surface area contributed by atoms with Crippen molar-refractivity contribution < 1.29 is 18.3 Å². The quantitative estimate of drug-likeness (QED) is 0.0502. The van der Waals surface area contributed by atoms with Crippen LogP contribution in [0.5, 0.6) is 11.5 Å². The molecule has 0 spiro atoms. The second kappa shape index (κ2) is 29.9. The van der Waals surface area contributed by atoms with E-state index in [2.05, 4.69) is 122 Å². The molecule has 0 bridgehead atoms. The highest BCUT2D eigenvalue weighted by Gasteiger charge is 2.23. The first kappa shape index (κ1) is 56.7. The van der Waals surface area contributed by atoms with Crippen LogP contribution in [-0.4, -0.2) is 104 Å². The van der Waals surface area contributed by atoms with Gasteiger partial charge in [0.15, 0.2) is 23.1 Å². The number of rotatable bonds is 16. The summed E-state index contributed by atoms with van der Waals surface area (Å²) >= 11 is 6.01. The molecular weight excluding hydrogens is 998 g/mol. The van der Waals surface area contributed by atoms with E-state index in [1.54, 1.807) is 18.2 Å². The lowest BCUT2D eigenvalue weighted by Crippen LogP contribution is -2.39. The lowest BCUT2D eigenvalue weighted by atomic mass is 10.0. The first-order valence-electron chi connectivity index (χ1n) is 27.6. The molecule has 2 saturated carbocycles. The lowest BCUT2D eigenvalue weighted by Gasteiger charge is -2.32. The molecule has 2 saturated heterocycles. The van der Waals surface area contributed by atoms with Crippen LogP contribution in [0.15, 0.2) is 97.1 Å². The second-order valence-corrected chi connectivity index (χ2v) is 20.8. The molecule has 0 atom stereocenters. The van der Waals surface area contributed by atoms with Crippen LogP contribution in [0.2, 0.25) is 5.28 Å². The molecule has 2 aliphatic carbocycles. The van der Waals surface area contributed by atoms with E-state index in [0.717, 1.165) is 90.6 Å². The van der Waals surface area contributed by atoms with Crippen molar-refractivity contribution in [1.29, 1.82) is 0 Å². The minimum absolute atomic E-state index is 0.0857. The predicted octanol–water partition coefficient (Wildman–Crippen LogP) is 12.1. The number of hydrogen-bond donors (Lipinski definition) is 6. The molecule has 4 fully saturated rings. The highest BCUT2D eigenvalue weighted by molar-refractivity contribution is 6.28. The van der Waals surface area contributed by atoms with E-state index in [1.807, 2.05) is 0 Å². The van der Waals surface area contributed by atoms with Crippen molar-refractivity contribution in [2.45, 2.75) is 140 Å². The van der Waals surface area contributed by atoms with Crippen LogP contribution in [0.4, 0.5) is 49.9 Å². The maximum absolute atomic E-state index is 14.3. The maximum Gasteiger partial charge on any atom is 0.233 e. The van der Waals surface area contributed by atoms with Gasteiger partial charge in [0.1, 0.15) is 0 Å². The van der Waals surface area contributed by atoms with Gasteiger partial charge in [0.25, 0.3) is 0 Å².